The molecule has 25 heavy (non-hydrogen) atoms. The molecule has 0 radical (unpaired) electrons. The number of carbonyl (C=O) groups is 1. The number of benzene rings is 1. The number of carboxylic acid groups (broad SMARTS) is 1. The summed E-state index contributed by atoms with van der Waals surface area (Å²) in [5, 5.41) is 9.26. The first-order chi connectivity index (χ1) is 11.8. The van der Waals surface area contributed by atoms with Crippen molar-refractivity contribution in [3.05, 3.63) is 67.1 Å². The zero-order valence-corrected chi connectivity index (χ0v) is 15.3. The number of carboxylic acids is 1. The Morgan fingerprint density at radius 3 is 2.60 bits per heavy atom. The lowest BCUT2D eigenvalue weighted by molar-refractivity contribution is 0.0701. The van der Waals surface area contributed by atoms with Gasteiger partial charge in [0.25, 0.3) is 5.56 Å². The molecular weight excluding hydrogens is 336 g/mol. The average Bonchev–Trinajstić information content (AvgIpc) is 2.89. The van der Waals surface area contributed by atoms with Gasteiger partial charge in [0, 0.05) is 5.56 Å². The van der Waals surface area contributed by atoms with Crippen LogP contribution in [0, 0.1) is 27.7 Å². The highest BCUT2D eigenvalue weighted by Crippen LogP contribution is 2.22. The van der Waals surface area contributed by atoms with Crippen molar-refractivity contribution in [2.75, 3.05) is 0 Å². The predicted octanol–water partition coefficient (Wildman–Crippen LogP) is 3.86. The van der Waals surface area contributed by atoms with Gasteiger partial charge in [0.15, 0.2) is 4.96 Å². The maximum atomic E-state index is 12.6. The number of aromatic nitrogens is 2. The van der Waals surface area contributed by atoms with Gasteiger partial charge in [0.1, 0.15) is 4.88 Å². The van der Waals surface area contributed by atoms with Gasteiger partial charge in [-0.1, -0.05) is 41.2 Å². The minimum Gasteiger partial charge on any atom is -0.477 e. The van der Waals surface area contributed by atoms with Gasteiger partial charge >= 0.3 is 5.97 Å². The molecule has 1 N–H and O–H groups in total. The first-order valence-corrected chi connectivity index (χ1v) is 8.62. The summed E-state index contributed by atoms with van der Waals surface area (Å²) in [7, 11) is 0. The second kappa shape index (κ2) is 6.29. The Kier molecular flexibility index (Phi) is 4.30. The molecule has 0 fully saturated rings. The normalized spacial score (nSPS) is 11.5. The zero-order valence-electron chi connectivity index (χ0n) is 14.5. The molecule has 0 saturated carbocycles. The average molecular weight is 354 g/mol. The maximum Gasteiger partial charge on any atom is 0.347 e. The van der Waals surface area contributed by atoms with Crippen LogP contribution in [-0.4, -0.2) is 20.5 Å². The molecule has 3 aromatic rings. The van der Waals surface area contributed by atoms with Crippen LogP contribution in [-0.2, 0) is 0 Å². The summed E-state index contributed by atoms with van der Waals surface area (Å²) < 4.78 is 1.37. The van der Waals surface area contributed by atoms with E-state index in [0.717, 1.165) is 28.0 Å². The Morgan fingerprint density at radius 1 is 1.20 bits per heavy atom. The highest BCUT2D eigenvalue weighted by Gasteiger charge is 2.18. The summed E-state index contributed by atoms with van der Waals surface area (Å²) in [6.07, 6.45) is 3.75. The Bertz CT molecular complexity index is 1090. The number of thiazole rings is 1. The van der Waals surface area contributed by atoms with Gasteiger partial charge in [0.2, 0.25) is 0 Å². The number of hydrogen-bond donors (Lipinski definition) is 1. The van der Waals surface area contributed by atoms with Crippen molar-refractivity contribution in [2.45, 2.75) is 27.7 Å². The molecule has 0 atom stereocenters. The molecule has 6 heteroatoms. The summed E-state index contributed by atoms with van der Waals surface area (Å²) in [5.74, 6) is -1.04. The molecule has 0 aliphatic heterocycles. The van der Waals surface area contributed by atoms with Gasteiger partial charge in [-0.05, 0) is 44.9 Å². The maximum absolute atomic E-state index is 12.6. The molecule has 1 aromatic carbocycles. The van der Waals surface area contributed by atoms with Crippen molar-refractivity contribution in [1.29, 1.82) is 0 Å². The van der Waals surface area contributed by atoms with Crippen molar-refractivity contribution in [2.24, 2.45) is 0 Å². The molecule has 5 nitrogen and oxygen atoms in total. The highest BCUT2D eigenvalue weighted by molar-refractivity contribution is 7.18. The molecular formula is C19H18N2O3S. The van der Waals surface area contributed by atoms with E-state index in [2.05, 4.69) is 23.2 Å². The van der Waals surface area contributed by atoms with Crippen LogP contribution in [0.2, 0.25) is 0 Å². The lowest BCUT2D eigenvalue weighted by atomic mass is 10.0. The van der Waals surface area contributed by atoms with Crippen molar-refractivity contribution >= 4 is 34.4 Å². The van der Waals surface area contributed by atoms with Gasteiger partial charge in [0.05, 0.1) is 11.4 Å². The molecule has 0 saturated heterocycles. The smallest absolute Gasteiger partial charge is 0.347 e. The molecule has 2 aromatic heterocycles. The second-order valence-electron chi connectivity index (χ2n) is 6.06. The number of fused-ring (bicyclic) bond motifs is 1. The Balaban J connectivity index is 2.16. The van der Waals surface area contributed by atoms with E-state index in [0.29, 0.717) is 21.9 Å². The van der Waals surface area contributed by atoms with Gasteiger partial charge in [-0.25, -0.2) is 9.78 Å². The van der Waals surface area contributed by atoms with Crippen LogP contribution < -0.4 is 5.56 Å². The fourth-order valence-electron chi connectivity index (χ4n) is 2.70. The first-order valence-electron chi connectivity index (χ1n) is 7.81. The van der Waals surface area contributed by atoms with Gasteiger partial charge < -0.3 is 5.11 Å². The molecule has 2 heterocycles. The van der Waals surface area contributed by atoms with E-state index in [1.165, 1.54) is 4.40 Å². The van der Waals surface area contributed by atoms with Crippen molar-refractivity contribution in [1.82, 2.24) is 9.38 Å². The van der Waals surface area contributed by atoms with E-state index >= 15 is 0 Å². The van der Waals surface area contributed by atoms with Crippen molar-refractivity contribution in [3.8, 4) is 0 Å². The van der Waals surface area contributed by atoms with Gasteiger partial charge in [-0.2, -0.15) is 0 Å². The van der Waals surface area contributed by atoms with E-state index < -0.39 is 5.97 Å². The number of rotatable bonds is 3. The summed E-state index contributed by atoms with van der Waals surface area (Å²) in [6, 6.07) is 6.18. The molecule has 128 valence electrons. The van der Waals surface area contributed by atoms with E-state index in [9.17, 15) is 14.7 Å². The largest absolute Gasteiger partial charge is 0.477 e. The second-order valence-corrected chi connectivity index (χ2v) is 7.04. The summed E-state index contributed by atoms with van der Waals surface area (Å²) in [4.78, 5) is 29.0. The summed E-state index contributed by atoms with van der Waals surface area (Å²) in [6.45, 7) is 7.39. The third-order valence-electron chi connectivity index (χ3n) is 4.22. The fraction of sp³-hybridized carbons (Fsp3) is 0.211. The third-order valence-corrected chi connectivity index (χ3v) is 5.35. The molecule has 0 spiro atoms. The minimum absolute atomic E-state index is 0.139. The van der Waals surface area contributed by atoms with Gasteiger partial charge in [-0.15, -0.1) is 0 Å². The van der Waals surface area contributed by atoms with E-state index in [1.54, 1.807) is 13.8 Å². The number of aromatic carboxylic acids is 1. The number of hydrogen-bond acceptors (Lipinski definition) is 4. The molecule has 0 aliphatic rings. The van der Waals surface area contributed by atoms with Crippen LogP contribution in [0.3, 0.4) is 0 Å². The van der Waals surface area contributed by atoms with E-state index in [4.69, 9.17) is 0 Å². The van der Waals surface area contributed by atoms with Crippen LogP contribution >= 0.6 is 11.3 Å². The van der Waals surface area contributed by atoms with Crippen molar-refractivity contribution < 1.29 is 9.90 Å². The summed E-state index contributed by atoms with van der Waals surface area (Å²) in [5.41, 5.74) is 4.60. The van der Waals surface area contributed by atoms with Crippen LogP contribution in [0.1, 0.15) is 43.3 Å². The zero-order chi connectivity index (χ0) is 18.3. The van der Waals surface area contributed by atoms with E-state index in [1.807, 2.05) is 26.0 Å². The van der Waals surface area contributed by atoms with Crippen LogP contribution in [0.15, 0.2) is 23.0 Å². The minimum atomic E-state index is -1.04. The quantitative estimate of drug-likeness (QED) is 0.775. The van der Waals surface area contributed by atoms with Crippen LogP contribution in [0.4, 0.5) is 0 Å². The fourth-order valence-corrected chi connectivity index (χ4v) is 3.66. The lowest BCUT2D eigenvalue weighted by Gasteiger charge is -2.04. The van der Waals surface area contributed by atoms with Crippen LogP contribution in [0.25, 0.3) is 17.1 Å². The number of aryl methyl sites for hydroxylation is 3. The molecule has 0 aliphatic carbocycles. The Hall–Kier alpha value is -2.73. The van der Waals surface area contributed by atoms with Crippen LogP contribution in [0.5, 0.6) is 0 Å². The van der Waals surface area contributed by atoms with Gasteiger partial charge in [-0.3, -0.25) is 9.20 Å². The topological polar surface area (TPSA) is 71.7 Å². The first kappa shape index (κ1) is 17.1. The van der Waals surface area contributed by atoms with Crippen molar-refractivity contribution in [3.63, 3.8) is 0 Å². The SMILES string of the molecule is Cc1ccc(C)c(/C=C/c2nc3sc(C(=O)O)c(C)n3c(=O)c2C)c1. The Labute approximate surface area is 148 Å². The predicted molar refractivity (Wildman–Crippen MR) is 101 cm³/mol. The molecule has 3 rings (SSSR count). The third kappa shape index (κ3) is 3.00. The molecule has 0 bridgehead atoms. The molecule has 0 unspecified atom stereocenters. The monoisotopic (exact) mass is 354 g/mol. The molecule has 0 amide bonds. The lowest BCUT2D eigenvalue weighted by Crippen LogP contribution is -2.19. The highest BCUT2D eigenvalue weighted by atomic mass is 32.1. The van der Waals surface area contributed by atoms with E-state index in [-0.39, 0.29) is 10.4 Å². The number of nitrogens with zero attached hydrogens (tertiary/aromatic N) is 2. The summed E-state index contributed by atoms with van der Waals surface area (Å²) >= 11 is 1.01. The Morgan fingerprint density at radius 2 is 1.92 bits per heavy atom. The standard InChI is InChI=1S/C19H18N2O3S/c1-10-5-6-11(2)14(9-10)7-8-15-12(3)17(22)21-13(4)16(18(23)24)25-19(21)20-15/h5-9H,1-4H3,(H,23,24)/b8-7+.